The minimum atomic E-state index is -0.716. The second kappa shape index (κ2) is 9.69. The average molecular weight is 501 g/mol. The van der Waals surface area contributed by atoms with Crippen LogP contribution in [0.3, 0.4) is 0 Å². The first-order chi connectivity index (χ1) is 16.8. The number of likely N-dealkylation sites (tertiary alicyclic amines) is 3. The lowest BCUT2D eigenvalue weighted by Gasteiger charge is -2.38. The number of piperidine rings is 1. The van der Waals surface area contributed by atoms with Crippen LogP contribution in [-0.2, 0) is 18.9 Å². The monoisotopic (exact) mass is 500 g/mol. The maximum Gasteiger partial charge on any atom is 0.242 e. The molecular weight excluding hydrogens is 468 g/mol. The van der Waals surface area contributed by atoms with Crippen molar-refractivity contribution in [2.45, 2.75) is 67.3 Å². The minimum absolute atomic E-state index is 0.0549. The van der Waals surface area contributed by atoms with Gasteiger partial charge >= 0.3 is 0 Å². The van der Waals surface area contributed by atoms with Crippen molar-refractivity contribution in [1.29, 1.82) is 5.26 Å². The first kappa shape index (κ1) is 24.5. The zero-order chi connectivity index (χ0) is 24.9. The van der Waals surface area contributed by atoms with Crippen molar-refractivity contribution in [3.05, 3.63) is 29.8 Å². The summed E-state index contributed by atoms with van der Waals surface area (Å²) in [4.78, 5) is 37.9. The van der Waals surface area contributed by atoms with E-state index < -0.39 is 6.04 Å². The normalized spacial score (nSPS) is 31.1. The number of fused-ring (bicyclic) bond motifs is 3. The number of carbonyl (C=O) groups excluding carboxylic acids is 2. The Labute approximate surface area is 210 Å². The molecule has 4 fully saturated rings. The molecule has 4 aliphatic rings. The molecule has 3 saturated heterocycles. The second-order valence-electron chi connectivity index (χ2n) is 10.2. The summed E-state index contributed by atoms with van der Waals surface area (Å²) >= 11 is 1.12. The van der Waals surface area contributed by atoms with Gasteiger partial charge in [0.1, 0.15) is 6.04 Å². The number of amides is 2. The van der Waals surface area contributed by atoms with Crippen molar-refractivity contribution >= 4 is 23.9 Å². The molecule has 7 atom stereocenters. The lowest BCUT2D eigenvalue weighted by molar-refractivity contribution is -0.340. The fourth-order valence-electron chi connectivity index (χ4n) is 5.89. The van der Waals surface area contributed by atoms with Crippen molar-refractivity contribution in [1.82, 2.24) is 19.8 Å². The summed E-state index contributed by atoms with van der Waals surface area (Å²) in [6.07, 6.45) is 2.49. The lowest BCUT2D eigenvalue weighted by Crippen LogP contribution is -2.57. The van der Waals surface area contributed by atoms with Crippen LogP contribution in [0.2, 0.25) is 0 Å². The Bertz CT molecular complexity index is 1020. The molecule has 1 aromatic rings. The van der Waals surface area contributed by atoms with E-state index in [0.29, 0.717) is 19.0 Å². The van der Waals surface area contributed by atoms with Crippen molar-refractivity contribution in [3.8, 4) is 6.07 Å². The first-order valence-corrected chi connectivity index (χ1v) is 12.8. The highest BCUT2D eigenvalue weighted by molar-refractivity contribution is 7.94. The van der Waals surface area contributed by atoms with Crippen LogP contribution in [0.15, 0.2) is 29.2 Å². The Morgan fingerprint density at radius 1 is 1.29 bits per heavy atom. The molecule has 11 heteroatoms. The number of nitrogens with two attached hydrogens (primary N) is 1. The Kier molecular flexibility index (Phi) is 6.78. The zero-order valence-electron chi connectivity index (χ0n) is 20.2. The summed E-state index contributed by atoms with van der Waals surface area (Å²) in [5, 5.41) is 10.9. The smallest absolute Gasteiger partial charge is 0.242 e. The van der Waals surface area contributed by atoms with Gasteiger partial charge in [0, 0.05) is 44.2 Å². The molecule has 3 aliphatic heterocycles. The zero-order valence-corrected chi connectivity index (χ0v) is 21.1. The molecule has 2 N–H and O–H groups in total. The Morgan fingerprint density at radius 2 is 2.03 bits per heavy atom. The first-order valence-electron chi connectivity index (χ1n) is 12.1. The summed E-state index contributed by atoms with van der Waals surface area (Å²) in [5.74, 6) is 0.398. The molecule has 3 heterocycles. The van der Waals surface area contributed by atoms with Gasteiger partial charge in [-0.1, -0.05) is 12.1 Å². The summed E-state index contributed by atoms with van der Waals surface area (Å²) < 4.78 is 5.07. The fourth-order valence-corrected chi connectivity index (χ4v) is 6.37. The molecule has 10 nitrogen and oxygen atoms in total. The number of piperazine rings is 1. The molecule has 1 aliphatic carbocycles. The molecule has 35 heavy (non-hydrogen) atoms. The summed E-state index contributed by atoms with van der Waals surface area (Å²) in [6.45, 7) is 3.10. The van der Waals surface area contributed by atoms with E-state index in [9.17, 15) is 14.9 Å². The highest BCUT2D eigenvalue weighted by Crippen LogP contribution is 2.48. The molecule has 1 aromatic carbocycles. The number of carbonyl (C=O) groups is 2. The lowest BCUT2D eigenvalue weighted by atomic mass is 10.1. The van der Waals surface area contributed by atoms with E-state index >= 15 is 0 Å². The van der Waals surface area contributed by atoms with Crippen LogP contribution in [0.5, 0.6) is 0 Å². The topological polar surface area (TPSA) is 115 Å². The molecule has 0 spiro atoms. The highest BCUT2D eigenvalue weighted by atomic mass is 32.2. The number of nitriles is 1. The van der Waals surface area contributed by atoms with Gasteiger partial charge in [-0.15, -0.1) is 9.32 Å². The van der Waals surface area contributed by atoms with Crippen LogP contribution < -0.4 is 5.73 Å². The van der Waals surface area contributed by atoms with Crippen molar-refractivity contribution in [2.24, 2.45) is 11.7 Å². The number of hydrogen-bond acceptors (Lipinski definition) is 9. The van der Waals surface area contributed by atoms with Gasteiger partial charge in [-0.05, 0) is 49.8 Å². The highest BCUT2D eigenvalue weighted by Gasteiger charge is 2.56. The SMILES string of the molecule is C[C@@H](c1ccc(SOON(C)C)cc1)N1C(=O)[C@@H]2CC1CN2C[C@H](N)C(=O)N1[C@H](C#N)C[C@@H]2C[C@@H]21. The van der Waals surface area contributed by atoms with Gasteiger partial charge in [-0.2, -0.15) is 10.3 Å². The average Bonchev–Trinajstić information content (AvgIpc) is 3.16. The van der Waals surface area contributed by atoms with Crippen LogP contribution in [0.25, 0.3) is 0 Å². The Morgan fingerprint density at radius 3 is 2.69 bits per heavy atom. The summed E-state index contributed by atoms with van der Waals surface area (Å²) in [6, 6.07) is 9.06. The molecule has 0 aromatic heterocycles. The van der Waals surface area contributed by atoms with Crippen molar-refractivity contribution in [3.63, 3.8) is 0 Å². The van der Waals surface area contributed by atoms with Crippen molar-refractivity contribution < 1.29 is 18.9 Å². The maximum atomic E-state index is 13.3. The molecule has 5 rings (SSSR count). The van der Waals surface area contributed by atoms with Crippen LogP contribution >= 0.6 is 12.0 Å². The molecule has 1 unspecified atom stereocenters. The van der Waals surface area contributed by atoms with Crippen LogP contribution in [0.1, 0.15) is 37.8 Å². The molecule has 0 radical (unpaired) electrons. The van der Waals surface area contributed by atoms with Gasteiger partial charge in [0.2, 0.25) is 11.8 Å². The summed E-state index contributed by atoms with van der Waals surface area (Å²) in [5.41, 5.74) is 7.37. The fraction of sp³-hybridized carbons (Fsp3) is 0.625. The molecule has 1 saturated carbocycles. The van der Waals surface area contributed by atoms with E-state index in [1.807, 2.05) is 36.1 Å². The van der Waals surface area contributed by atoms with Gasteiger partial charge in [0.15, 0.2) is 0 Å². The predicted molar refractivity (Wildman–Crippen MR) is 128 cm³/mol. The van der Waals surface area contributed by atoms with Gasteiger partial charge in [-0.3, -0.25) is 14.5 Å². The number of hydrogen-bond donors (Lipinski definition) is 1. The molecule has 2 bridgehead atoms. The number of benzene rings is 1. The van der Waals surface area contributed by atoms with Crippen LogP contribution in [0.4, 0.5) is 0 Å². The van der Waals surface area contributed by atoms with Gasteiger partial charge < -0.3 is 15.5 Å². The van der Waals surface area contributed by atoms with E-state index in [1.165, 1.54) is 5.06 Å². The molecular formula is C24H32N6O4S. The maximum absolute atomic E-state index is 13.3. The Hall–Kier alpha value is -2.20. The largest absolute Gasteiger partial charge is 0.330 e. The quantitative estimate of drug-likeness (QED) is 0.304. The van der Waals surface area contributed by atoms with E-state index in [4.69, 9.17) is 15.1 Å². The van der Waals surface area contributed by atoms with E-state index in [2.05, 4.69) is 11.0 Å². The number of rotatable bonds is 9. The summed E-state index contributed by atoms with van der Waals surface area (Å²) in [7, 11) is 3.47. The number of nitrogens with zero attached hydrogens (tertiary/aromatic N) is 5. The van der Waals surface area contributed by atoms with Crippen LogP contribution in [-0.4, -0.2) is 89.0 Å². The minimum Gasteiger partial charge on any atom is -0.330 e. The van der Waals surface area contributed by atoms with E-state index in [-0.39, 0.29) is 42.0 Å². The molecule has 2 amide bonds. The number of hydroxylamine groups is 2. The standard InChI is InChI=1S/C24H32N6O4S/c1-14(15-4-6-19(7-5-15)35-34-33-27(2)3)29-18-10-22(24(29)32)28(12-18)13-20(26)23(31)30-17(11-25)8-16-9-21(16)30/h4-7,14,16-18,20-22H,8-10,12-13,26H2,1-3H3/t14-,16+,17-,18?,20-,21-,22-/m0/s1. The predicted octanol–water partition coefficient (Wildman–Crippen LogP) is 1.30. The third-order valence-corrected chi connectivity index (χ3v) is 8.25. The van der Waals surface area contributed by atoms with Gasteiger partial charge in [0.05, 0.1) is 36.2 Å². The van der Waals surface area contributed by atoms with Crippen LogP contribution in [0, 0.1) is 17.2 Å². The molecule has 188 valence electrons. The van der Waals surface area contributed by atoms with Crippen molar-refractivity contribution in [2.75, 3.05) is 27.2 Å². The van der Waals surface area contributed by atoms with E-state index in [0.717, 1.165) is 41.8 Å². The third-order valence-electron chi connectivity index (χ3n) is 7.66. The van der Waals surface area contributed by atoms with Gasteiger partial charge in [0.25, 0.3) is 0 Å². The second-order valence-corrected chi connectivity index (χ2v) is 11.0. The third kappa shape index (κ3) is 4.67. The Balaban J connectivity index is 1.16. The van der Waals surface area contributed by atoms with Gasteiger partial charge in [-0.25, -0.2) is 0 Å². The van der Waals surface area contributed by atoms with E-state index in [1.54, 1.807) is 19.0 Å².